The van der Waals surface area contributed by atoms with E-state index in [0.717, 1.165) is 27.1 Å². The normalized spacial score (nSPS) is 14.5. The van der Waals surface area contributed by atoms with Gasteiger partial charge in [0.15, 0.2) is 23.0 Å². The molecule has 2 aromatic heterocycles. The molecule has 11 nitrogen and oxygen atoms in total. The number of fused-ring (bicyclic) bond motifs is 2. The van der Waals surface area contributed by atoms with Crippen LogP contribution in [-0.2, 0) is 29.3 Å². The second-order valence-electron chi connectivity index (χ2n) is 15.2. The third-order valence-electron chi connectivity index (χ3n) is 11.3. The van der Waals surface area contributed by atoms with Crippen LogP contribution < -0.4 is 18.9 Å². The fourth-order valence-corrected chi connectivity index (χ4v) is 8.17. The van der Waals surface area contributed by atoms with Crippen molar-refractivity contribution in [3.63, 3.8) is 0 Å². The van der Waals surface area contributed by atoms with E-state index >= 15 is 0 Å². The van der Waals surface area contributed by atoms with E-state index in [1.807, 2.05) is 123 Å². The molecule has 3 atom stereocenters. The van der Waals surface area contributed by atoms with Gasteiger partial charge in [0.25, 0.3) is 0 Å². The molecule has 5 aromatic carbocycles. The molecule has 0 fully saturated rings. The molecule has 11 heteroatoms. The van der Waals surface area contributed by atoms with Gasteiger partial charge in [-0.15, -0.1) is 0 Å². The van der Waals surface area contributed by atoms with Crippen LogP contribution in [-0.4, -0.2) is 58.2 Å². The number of aromatic nitrogens is 4. The highest BCUT2D eigenvalue weighted by atomic mass is 16.5. The van der Waals surface area contributed by atoms with E-state index < -0.39 is 22.5 Å². The fraction of sp³-hybridized carbons (Fsp3) is 0.304. The highest BCUT2D eigenvalue weighted by Crippen LogP contribution is 2.52. The summed E-state index contributed by atoms with van der Waals surface area (Å²) in [5.41, 5.74) is -0.918. The Morgan fingerprint density at radius 1 is 0.684 bits per heavy atom. The average molecular weight is 771 g/mol. The third-order valence-corrected chi connectivity index (χ3v) is 11.3. The summed E-state index contributed by atoms with van der Waals surface area (Å²) in [4.78, 5) is 12.5. The summed E-state index contributed by atoms with van der Waals surface area (Å²) in [5, 5.41) is 30.0. The summed E-state index contributed by atoms with van der Waals surface area (Å²) < 4.78 is 30.2. The van der Waals surface area contributed by atoms with Gasteiger partial charge in [0.05, 0.1) is 59.1 Å². The minimum absolute atomic E-state index is 0.240. The van der Waals surface area contributed by atoms with Crippen LogP contribution in [0.15, 0.2) is 116 Å². The van der Waals surface area contributed by atoms with E-state index in [0.29, 0.717) is 58.5 Å². The highest BCUT2D eigenvalue weighted by molar-refractivity contribution is 5.88. The van der Waals surface area contributed by atoms with Crippen LogP contribution >= 0.6 is 0 Å². The van der Waals surface area contributed by atoms with Crippen LogP contribution in [0, 0.1) is 11.3 Å². The standard InChI is InChI=1S/C46H50N4O7/c1-30(23-44(2,3)46(52,42-24-47-27-48-42)37-16-14-33-20-39(54-5)41(56-7)22-35(33)18-37)45(51,36-15-13-32-19-38(53-4)40(55-6)21-34(32)17-36)43-25-50(28-49-43)29-57-26-31-11-9-8-10-12-31/h8-22,24-25,27-28,30,51-52H,23,26,29H2,1-7H3,(H,47,48). The van der Waals surface area contributed by atoms with E-state index in [1.54, 1.807) is 47.3 Å². The van der Waals surface area contributed by atoms with Crippen molar-refractivity contribution in [1.82, 2.24) is 19.5 Å². The van der Waals surface area contributed by atoms with Gasteiger partial charge in [-0.1, -0.05) is 75.4 Å². The van der Waals surface area contributed by atoms with Crippen LogP contribution in [0.2, 0.25) is 0 Å². The molecular weight excluding hydrogens is 721 g/mol. The maximum absolute atomic E-state index is 13.3. The molecule has 0 bridgehead atoms. The van der Waals surface area contributed by atoms with Crippen molar-refractivity contribution in [2.24, 2.45) is 11.3 Å². The molecule has 7 rings (SSSR count). The van der Waals surface area contributed by atoms with E-state index in [1.165, 1.54) is 0 Å². The Bertz CT molecular complexity index is 2460. The number of benzene rings is 5. The molecule has 296 valence electrons. The maximum atomic E-state index is 13.3. The number of nitrogens with zero attached hydrogens (tertiary/aromatic N) is 3. The zero-order valence-electron chi connectivity index (χ0n) is 33.4. The number of hydrogen-bond donors (Lipinski definition) is 3. The van der Waals surface area contributed by atoms with E-state index in [9.17, 15) is 10.2 Å². The molecule has 0 radical (unpaired) electrons. The molecule has 2 heterocycles. The summed E-state index contributed by atoms with van der Waals surface area (Å²) >= 11 is 0. The smallest absolute Gasteiger partial charge is 0.161 e. The molecule has 57 heavy (non-hydrogen) atoms. The lowest BCUT2D eigenvalue weighted by atomic mass is 9.62. The zero-order chi connectivity index (χ0) is 40.4. The highest BCUT2D eigenvalue weighted by Gasteiger charge is 2.52. The van der Waals surface area contributed by atoms with E-state index in [-0.39, 0.29) is 6.73 Å². The van der Waals surface area contributed by atoms with Crippen LogP contribution in [0.4, 0.5) is 0 Å². The van der Waals surface area contributed by atoms with Gasteiger partial charge in [-0.3, -0.25) is 0 Å². The first kappa shape index (κ1) is 39.4. The van der Waals surface area contributed by atoms with Crippen molar-refractivity contribution in [3.05, 3.63) is 144 Å². The number of H-pyrrole nitrogens is 1. The molecule has 3 N–H and O–H groups in total. The fourth-order valence-electron chi connectivity index (χ4n) is 8.17. The van der Waals surface area contributed by atoms with Gasteiger partial charge in [-0.25, -0.2) is 9.97 Å². The predicted octanol–water partition coefficient (Wildman–Crippen LogP) is 8.35. The number of hydrogen-bond acceptors (Lipinski definition) is 9. The number of imidazole rings is 2. The summed E-state index contributed by atoms with van der Waals surface area (Å²) in [6, 6.07) is 29.3. The molecule has 0 aliphatic carbocycles. The SMILES string of the molecule is COc1cc2ccc(C(O)(c3cn(COCc4ccccc4)cn3)C(C)CC(C)(C)C(O)(c3ccc4cc(OC)c(OC)cc4c3)c3c[nH]cn3)cc2cc1OC. The molecule has 0 aliphatic rings. The Morgan fingerprint density at radius 3 is 1.81 bits per heavy atom. The summed E-state index contributed by atoms with van der Waals surface area (Å²) in [6.07, 6.45) is 7.13. The lowest BCUT2D eigenvalue weighted by Gasteiger charge is -2.46. The van der Waals surface area contributed by atoms with Gasteiger partial charge >= 0.3 is 0 Å². The summed E-state index contributed by atoms with van der Waals surface area (Å²) in [5.74, 6) is 1.88. The number of rotatable bonds is 16. The largest absolute Gasteiger partial charge is 0.493 e. The summed E-state index contributed by atoms with van der Waals surface area (Å²) in [6.45, 7) is 6.67. The zero-order valence-corrected chi connectivity index (χ0v) is 33.4. The van der Waals surface area contributed by atoms with Gasteiger partial charge in [0.2, 0.25) is 0 Å². The number of nitrogens with one attached hydrogen (secondary N) is 1. The molecule has 0 spiro atoms. The van der Waals surface area contributed by atoms with Crippen LogP contribution in [0.1, 0.15) is 55.3 Å². The predicted molar refractivity (Wildman–Crippen MR) is 220 cm³/mol. The molecule has 0 saturated heterocycles. The van der Waals surface area contributed by atoms with E-state index in [2.05, 4.69) is 9.97 Å². The Labute approximate surface area is 332 Å². The molecule has 3 unspecified atom stereocenters. The number of aliphatic hydroxyl groups is 2. The minimum atomic E-state index is -1.62. The first-order chi connectivity index (χ1) is 27.4. The number of methoxy groups -OCH3 is 4. The Kier molecular flexibility index (Phi) is 11.0. The maximum Gasteiger partial charge on any atom is 0.161 e. The first-order valence-corrected chi connectivity index (χ1v) is 18.9. The van der Waals surface area contributed by atoms with Crippen molar-refractivity contribution in [3.8, 4) is 23.0 Å². The van der Waals surface area contributed by atoms with Gasteiger partial charge < -0.3 is 43.4 Å². The minimum Gasteiger partial charge on any atom is -0.493 e. The molecule has 0 saturated carbocycles. The Hall–Kier alpha value is -5.88. The average Bonchev–Trinajstić information content (AvgIpc) is 3.96. The van der Waals surface area contributed by atoms with Crippen molar-refractivity contribution < 1.29 is 33.9 Å². The molecular formula is C46H50N4O7. The van der Waals surface area contributed by atoms with Crippen molar-refractivity contribution in [2.45, 2.75) is 51.7 Å². The van der Waals surface area contributed by atoms with Crippen LogP contribution in [0.5, 0.6) is 23.0 Å². The van der Waals surface area contributed by atoms with Crippen molar-refractivity contribution >= 4 is 21.5 Å². The van der Waals surface area contributed by atoms with Crippen molar-refractivity contribution in [2.75, 3.05) is 28.4 Å². The lowest BCUT2D eigenvalue weighted by molar-refractivity contribution is -0.0762. The number of ether oxygens (including phenoxy) is 5. The second-order valence-corrected chi connectivity index (χ2v) is 15.2. The Balaban J connectivity index is 1.30. The topological polar surface area (TPSA) is 133 Å². The second kappa shape index (κ2) is 15.9. The van der Waals surface area contributed by atoms with Gasteiger partial charge in [0.1, 0.15) is 17.9 Å². The van der Waals surface area contributed by atoms with E-state index in [4.69, 9.17) is 28.7 Å². The van der Waals surface area contributed by atoms with Gasteiger partial charge in [-0.2, -0.15) is 0 Å². The third kappa shape index (κ3) is 7.30. The Morgan fingerprint density at radius 2 is 1.25 bits per heavy atom. The van der Waals surface area contributed by atoms with Crippen LogP contribution in [0.25, 0.3) is 21.5 Å². The quantitative estimate of drug-likeness (QED) is 0.0887. The lowest BCUT2D eigenvalue weighted by Crippen LogP contribution is -2.47. The monoisotopic (exact) mass is 770 g/mol. The van der Waals surface area contributed by atoms with Crippen molar-refractivity contribution in [1.29, 1.82) is 0 Å². The summed E-state index contributed by atoms with van der Waals surface area (Å²) in [7, 11) is 6.42. The van der Waals surface area contributed by atoms with Crippen LogP contribution in [0.3, 0.4) is 0 Å². The number of aromatic amines is 1. The van der Waals surface area contributed by atoms with Gasteiger partial charge in [0, 0.05) is 17.8 Å². The molecule has 0 amide bonds. The van der Waals surface area contributed by atoms with Gasteiger partial charge in [-0.05, 0) is 87.0 Å². The molecule has 7 aromatic rings. The molecule has 0 aliphatic heterocycles. The first-order valence-electron chi connectivity index (χ1n) is 18.9.